The topological polar surface area (TPSA) is 51.2 Å². The lowest BCUT2D eigenvalue weighted by atomic mass is 9.87. The molecule has 0 aliphatic rings. The largest absolute Gasteiger partial charge is 0.457 e. The zero-order valence-electron chi connectivity index (χ0n) is 17.3. The molecule has 0 saturated heterocycles. The number of hydrogen-bond acceptors (Lipinski definition) is 3. The van der Waals surface area contributed by atoms with Crippen molar-refractivity contribution in [2.45, 2.75) is 26.2 Å². The van der Waals surface area contributed by atoms with Crippen LogP contribution in [0, 0.1) is 0 Å². The molecular formula is C26H24N2O2. The van der Waals surface area contributed by atoms with Gasteiger partial charge in [-0.1, -0.05) is 63.2 Å². The van der Waals surface area contributed by atoms with E-state index in [4.69, 9.17) is 4.74 Å². The van der Waals surface area contributed by atoms with Crippen molar-refractivity contribution in [2.75, 3.05) is 5.32 Å². The summed E-state index contributed by atoms with van der Waals surface area (Å²) in [6, 6.07) is 25.1. The second-order valence-electron chi connectivity index (χ2n) is 8.21. The molecule has 0 unspecified atom stereocenters. The lowest BCUT2D eigenvalue weighted by molar-refractivity contribution is 0.102. The van der Waals surface area contributed by atoms with E-state index in [2.05, 4.69) is 43.2 Å². The van der Waals surface area contributed by atoms with Crippen LogP contribution in [0.15, 0.2) is 85.1 Å². The van der Waals surface area contributed by atoms with Gasteiger partial charge in [0.05, 0.1) is 5.69 Å². The van der Waals surface area contributed by atoms with Crippen molar-refractivity contribution < 1.29 is 9.53 Å². The summed E-state index contributed by atoms with van der Waals surface area (Å²) in [6.07, 6.45) is 1.60. The second kappa shape index (κ2) is 7.99. The summed E-state index contributed by atoms with van der Waals surface area (Å²) in [5.41, 5.74) is 2.38. The molecule has 0 aliphatic carbocycles. The van der Waals surface area contributed by atoms with E-state index < -0.39 is 0 Å². The fraction of sp³-hybridized carbons (Fsp3) is 0.154. The minimum atomic E-state index is -0.257. The molecule has 4 rings (SSSR count). The zero-order chi connectivity index (χ0) is 21.1. The van der Waals surface area contributed by atoms with Gasteiger partial charge in [0.25, 0.3) is 5.91 Å². The fourth-order valence-electron chi connectivity index (χ4n) is 3.33. The van der Waals surface area contributed by atoms with Crippen molar-refractivity contribution in [1.29, 1.82) is 0 Å². The predicted octanol–water partition coefficient (Wildman–Crippen LogP) is 6.58. The van der Waals surface area contributed by atoms with Gasteiger partial charge in [0.15, 0.2) is 0 Å². The maximum Gasteiger partial charge on any atom is 0.274 e. The summed E-state index contributed by atoms with van der Waals surface area (Å²) in [5.74, 6) is 1.18. The molecule has 0 atom stereocenters. The number of nitrogens with zero attached hydrogens (tertiary/aromatic N) is 1. The number of carbonyl (C=O) groups excluding carboxylic acids is 1. The number of benzene rings is 3. The average molecular weight is 396 g/mol. The molecule has 1 heterocycles. The van der Waals surface area contributed by atoms with Gasteiger partial charge >= 0.3 is 0 Å². The Kier molecular flexibility index (Phi) is 5.23. The molecule has 4 aromatic rings. The molecule has 3 aromatic carbocycles. The molecule has 4 nitrogen and oxygen atoms in total. The van der Waals surface area contributed by atoms with Crippen LogP contribution in [0.5, 0.6) is 11.5 Å². The number of aromatic nitrogens is 1. The molecule has 150 valence electrons. The minimum Gasteiger partial charge on any atom is -0.457 e. The normalized spacial score (nSPS) is 11.3. The van der Waals surface area contributed by atoms with E-state index >= 15 is 0 Å². The van der Waals surface area contributed by atoms with E-state index in [1.807, 2.05) is 48.5 Å². The molecule has 1 aromatic heterocycles. The van der Waals surface area contributed by atoms with E-state index in [-0.39, 0.29) is 11.3 Å². The van der Waals surface area contributed by atoms with Crippen LogP contribution >= 0.6 is 0 Å². The molecular weight excluding hydrogens is 372 g/mol. The SMILES string of the molecule is CC(C)(C)c1ccc(Oc2cccc3cccc(NC(=O)c4ccccn4)c23)cc1. The van der Waals surface area contributed by atoms with Gasteiger partial charge in [0, 0.05) is 11.6 Å². The van der Waals surface area contributed by atoms with Gasteiger partial charge in [0.2, 0.25) is 0 Å². The van der Waals surface area contributed by atoms with Gasteiger partial charge in [-0.25, -0.2) is 0 Å². The van der Waals surface area contributed by atoms with Crippen molar-refractivity contribution in [2.24, 2.45) is 0 Å². The van der Waals surface area contributed by atoms with Gasteiger partial charge in [-0.3, -0.25) is 9.78 Å². The first-order chi connectivity index (χ1) is 14.4. The molecule has 0 radical (unpaired) electrons. The maximum absolute atomic E-state index is 12.6. The Labute approximate surface area is 176 Å². The first-order valence-corrected chi connectivity index (χ1v) is 9.94. The molecule has 0 bridgehead atoms. The molecule has 0 aliphatic heterocycles. The van der Waals surface area contributed by atoms with Crippen LogP contribution < -0.4 is 10.1 Å². The number of rotatable bonds is 4. The van der Waals surface area contributed by atoms with Gasteiger partial charge in [0.1, 0.15) is 17.2 Å². The average Bonchev–Trinajstić information content (AvgIpc) is 2.74. The van der Waals surface area contributed by atoms with Crippen molar-refractivity contribution in [3.8, 4) is 11.5 Å². The number of nitrogens with one attached hydrogen (secondary N) is 1. The predicted molar refractivity (Wildman–Crippen MR) is 121 cm³/mol. The third-order valence-electron chi connectivity index (χ3n) is 4.96. The van der Waals surface area contributed by atoms with Crippen LogP contribution in [0.4, 0.5) is 5.69 Å². The Bertz CT molecular complexity index is 1170. The highest BCUT2D eigenvalue weighted by Gasteiger charge is 2.15. The zero-order valence-corrected chi connectivity index (χ0v) is 17.3. The van der Waals surface area contributed by atoms with E-state index in [1.165, 1.54) is 5.56 Å². The molecule has 1 amide bonds. The number of ether oxygens (including phenoxy) is 1. The van der Waals surface area contributed by atoms with Crippen LogP contribution in [0.2, 0.25) is 0 Å². The van der Waals surface area contributed by atoms with Gasteiger partial charge in [-0.2, -0.15) is 0 Å². The molecule has 1 N–H and O–H groups in total. The van der Waals surface area contributed by atoms with Gasteiger partial charge in [-0.05, 0) is 52.8 Å². The van der Waals surface area contributed by atoms with Crippen molar-refractivity contribution in [3.05, 3.63) is 96.3 Å². The smallest absolute Gasteiger partial charge is 0.274 e. The molecule has 0 saturated carbocycles. The lowest BCUT2D eigenvalue weighted by Crippen LogP contribution is -2.13. The number of amides is 1. The number of anilines is 1. The van der Waals surface area contributed by atoms with Crippen molar-refractivity contribution >= 4 is 22.4 Å². The van der Waals surface area contributed by atoms with Crippen LogP contribution in [-0.4, -0.2) is 10.9 Å². The highest BCUT2D eigenvalue weighted by Crippen LogP contribution is 2.36. The van der Waals surface area contributed by atoms with Gasteiger partial charge < -0.3 is 10.1 Å². The first kappa shape index (κ1) is 19.6. The van der Waals surface area contributed by atoms with E-state index in [0.29, 0.717) is 17.1 Å². The summed E-state index contributed by atoms with van der Waals surface area (Å²) < 4.78 is 6.22. The first-order valence-electron chi connectivity index (χ1n) is 9.94. The number of carbonyl (C=O) groups is 1. The number of fused-ring (bicyclic) bond motifs is 1. The maximum atomic E-state index is 12.6. The van der Waals surface area contributed by atoms with E-state index in [1.54, 1.807) is 24.4 Å². The Morgan fingerprint density at radius 2 is 1.60 bits per heavy atom. The van der Waals surface area contributed by atoms with Crippen LogP contribution in [0.25, 0.3) is 10.8 Å². The Morgan fingerprint density at radius 3 is 2.27 bits per heavy atom. The Balaban J connectivity index is 1.68. The Hall–Kier alpha value is -3.66. The number of pyridine rings is 1. The fourth-order valence-corrected chi connectivity index (χ4v) is 3.33. The summed E-state index contributed by atoms with van der Waals surface area (Å²) in [4.78, 5) is 16.8. The highest BCUT2D eigenvalue weighted by molar-refractivity contribution is 6.09. The standard InChI is InChI=1S/C26H24N2O2/c1-26(2,3)19-13-15-20(16-14-19)30-23-12-7-9-18-8-6-11-21(24(18)23)28-25(29)22-10-4-5-17-27-22/h4-17H,1-3H3,(H,28,29). The van der Waals surface area contributed by atoms with Crippen molar-refractivity contribution in [3.63, 3.8) is 0 Å². The van der Waals surface area contributed by atoms with Crippen LogP contribution in [-0.2, 0) is 5.41 Å². The molecule has 4 heteroatoms. The second-order valence-corrected chi connectivity index (χ2v) is 8.21. The summed E-state index contributed by atoms with van der Waals surface area (Å²) in [5, 5.41) is 4.81. The van der Waals surface area contributed by atoms with Crippen molar-refractivity contribution in [1.82, 2.24) is 4.98 Å². The highest BCUT2D eigenvalue weighted by atomic mass is 16.5. The van der Waals surface area contributed by atoms with Crippen LogP contribution in [0.1, 0.15) is 36.8 Å². The summed E-state index contributed by atoms with van der Waals surface area (Å²) in [7, 11) is 0. The van der Waals surface area contributed by atoms with Crippen LogP contribution in [0.3, 0.4) is 0 Å². The summed E-state index contributed by atoms with van der Waals surface area (Å²) in [6.45, 7) is 6.55. The Morgan fingerprint density at radius 1 is 0.867 bits per heavy atom. The van der Waals surface area contributed by atoms with E-state index in [0.717, 1.165) is 16.5 Å². The number of hydrogen-bond donors (Lipinski definition) is 1. The van der Waals surface area contributed by atoms with E-state index in [9.17, 15) is 4.79 Å². The minimum absolute atomic E-state index is 0.0842. The quantitative estimate of drug-likeness (QED) is 0.424. The monoisotopic (exact) mass is 396 g/mol. The summed E-state index contributed by atoms with van der Waals surface area (Å²) >= 11 is 0. The molecule has 30 heavy (non-hydrogen) atoms. The van der Waals surface area contributed by atoms with Gasteiger partial charge in [-0.15, -0.1) is 0 Å². The lowest BCUT2D eigenvalue weighted by Gasteiger charge is -2.19. The molecule has 0 fully saturated rings. The molecule has 0 spiro atoms. The third kappa shape index (κ3) is 4.18. The third-order valence-corrected chi connectivity index (χ3v) is 4.96.